The van der Waals surface area contributed by atoms with Crippen LogP contribution in [0.3, 0.4) is 0 Å². The Bertz CT molecular complexity index is 429. The Balaban J connectivity index is 2.08. The molecule has 0 aliphatic heterocycles. The number of hydrazone groups is 1. The highest BCUT2D eigenvalue weighted by Crippen LogP contribution is 2.22. The minimum atomic E-state index is -0.613. The van der Waals surface area contributed by atoms with Crippen LogP contribution in [0.1, 0.15) is 32.6 Å². The smallest absolute Gasteiger partial charge is 0.151 e. The van der Waals surface area contributed by atoms with Gasteiger partial charge in [0, 0.05) is 11.8 Å². The van der Waals surface area contributed by atoms with E-state index >= 15 is 0 Å². The van der Waals surface area contributed by atoms with Gasteiger partial charge in [-0.25, -0.2) is 8.78 Å². The van der Waals surface area contributed by atoms with E-state index in [-0.39, 0.29) is 5.69 Å². The molecule has 0 saturated heterocycles. The Morgan fingerprint density at radius 3 is 2.82 bits per heavy atom. The van der Waals surface area contributed by atoms with Crippen LogP contribution < -0.4 is 5.43 Å². The summed E-state index contributed by atoms with van der Waals surface area (Å²) in [5.41, 5.74) is 3.98. The topological polar surface area (TPSA) is 24.4 Å². The van der Waals surface area contributed by atoms with Gasteiger partial charge in [-0.05, 0) is 37.3 Å². The van der Waals surface area contributed by atoms with Crippen LogP contribution in [0, 0.1) is 17.6 Å². The maximum Gasteiger partial charge on any atom is 0.151 e. The molecule has 0 aromatic heterocycles. The van der Waals surface area contributed by atoms with E-state index < -0.39 is 11.6 Å². The molecular formula is C13H16F2N2. The quantitative estimate of drug-likeness (QED) is 0.775. The summed E-state index contributed by atoms with van der Waals surface area (Å²) < 4.78 is 26.0. The number of benzene rings is 1. The van der Waals surface area contributed by atoms with Crippen molar-refractivity contribution in [2.24, 2.45) is 11.0 Å². The van der Waals surface area contributed by atoms with Gasteiger partial charge in [0.15, 0.2) is 5.82 Å². The third kappa shape index (κ3) is 3.02. The van der Waals surface area contributed by atoms with Gasteiger partial charge in [0.2, 0.25) is 0 Å². The molecule has 0 heterocycles. The average Bonchev–Trinajstić information content (AvgIpc) is 2.30. The lowest BCUT2D eigenvalue weighted by molar-refractivity contribution is 0.558. The molecule has 1 aromatic rings. The summed E-state index contributed by atoms with van der Waals surface area (Å²) >= 11 is 0. The van der Waals surface area contributed by atoms with E-state index in [1.807, 2.05) is 0 Å². The van der Waals surface area contributed by atoms with E-state index in [2.05, 4.69) is 17.5 Å². The predicted molar refractivity (Wildman–Crippen MR) is 65.0 cm³/mol. The molecule has 0 unspecified atom stereocenters. The molecule has 1 aliphatic carbocycles. The van der Waals surface area contributed by atoms with Crippen LogP contribution in [0.15, 0.2) is 23.3 Å². The molecular weight excluding hydrogens is 222 g/mol. The van der Waals surface area contributed by atoms with Crippen molar-refractivity contribution in [3.8, 4) is 0 Å². The average molecular weight is 238 g/mol. The highest BCUT2D eigenvalue weighted by molar-refractivity contribution is 5.87. The maximum atomic E-state index is 13.3. The third-order valence-corrected chi connectivity index (χ3v) is 3.14. The van der Waals surface area contributed by atoms with Gasteiger partial charge >= 0.3 is 0 Å². The van der Waals surface area contributed by atoms with Crippen LogP contribution in [-0.2, 0) is 0 Å². The van der Waals surface area contributed by atoms with Crippen LogP contribution in [0.25, 0.3) is 0 Å². The van der Waals surface area contributed by atoms with E-state index in [4.69, 9.17) is 0 Å². The Morgan fingerprint density at radius 2 is 2.12 bits per heavy atom. The Hall–Kier alpha value is -1.45. The van der Waals surface area contributed by atoms with E-state index in [0.29, 0.717) is 5.92 Å². The van der Waals surface area contributed by atoms with Gasteiger partial charge in [0.1, 0.15) is 5.82 Å². The fourth-order valence-corrected chi connectivity index (χ4v) is 2.05. The second-order valence-electron chi connectivity index (χ2n) is 4.49. The molecule has 2 nitrogen and oxygen atoms in total. The highest BCUT2D eigenvalue weighted by atomic mass is 19.1. The zero-order valence-electron chi connectivity index (χ0n) is 9.84. The fourth-order valence-electron chi connectivity index (χ4n) is 2.05. The molecule has 92 valence electrons. The predicted octanol–water partition coefficient (Wildman–Crippen LogP) is 3.94. The first-order valence-electron chi connectivity index (χ1n) is 5.94. The second kappa shape index (κ2) is 5.25. The molecule has 0 radical (unpaired) electrons. The van der Waals surface area contributed by atoms with Crippen LogP contribution in [0.2, 0.25) is 0 Å². The first-order chi connectivity index (χ1) is 8.16. The lowest BCUT2D eigenvalue weighted by atomic mass is 9.89. The summed E-state index contributed by atoms with van der Waals surface area (Å²) in [6.45, 7) is 2.13. The van der Waals surface area contributed by atoms with Crippen molar-refractivity contribution < 1.29 is 8.78 Å². The zero-order chi connectivity index (χ0) is 12.3. The molecule has 1 aromatic carbocycles. The zero-order valence-corrected chi connectivity index (χ0v) is 9.84. The van der Waals surface area contributed by atoms with Crippen molar-refractivity contribution in [1.29, 1.82) is 0 Å². The molecule has 2 rings (SSSR count). The summed E-state index contributed by atoms with van der Waals surface area (Å²) in [6, 6.07) is 3.44. The summed E-state index contributed by atoms with van der Waals surface area (Å²) in [5.74, 6) is -0.746. The molecule has 0 amide bonds. The molecule has 1 saturated carbocycles. The normalized spacial score (nSPS) is 22.8. The molecule has 1 atom stereocenters. The summed E-state index contributed by atoms with van der Waals surface area (Å²) in [5, 5.41) is 4.23. The van der Waals surface area contributed by atoms with E-state index in [9.17, 15) is 8.78 Å². The fraction of sp³-hybridized carbons (Fsp3) is 0.462. The Labute approximate surface area is 99.7 Å². The molecule has 4 heteroatoms. The highest BCUT2D eigenvalue weighted by Gasteiger charge is 2.15. The van der Waals surface area contributed by atoms with Crippen molar-refractivity contribution >= 4 is 11.4 Å². The number of hydrogen-bond acceptors (Lipinski definition) is 2. The van der Waals surface area contributed by atoms with Crippen molar-refractivity contribution in [3.63, 3.8) is 0 Å². The number of nitrogens with one attached hydrogen (secondary N) is 1. The monoisotopic (exact) mass is 238 g/mol. The van der Waals surface area contributed by atoms with E-state index in [0.717, 1.165) is 31.0 Å². The summed E-state index contributed by atoms with van der Waals surface area (Å²) in [7, 11) is 0. The summed E-state index contributed by atoms with van der Waals surface area (Å²) in [4.78, 5) is 0. The van der Waals surface area contributed by atoms with Crippen molar-refractivity contribution in [3.05, 3.63) is 29.8 Å². The van der Waals surface area contributed by atoms with Gasteiger partial charge in [-0.1, -0.05) is 13.3 Å². The second-order valence-corrected chi connectivity index (χ2v) is 4.49. The van der Waals surface area contributed by atoms with Gasteiger partial charge in [0.25, 0.3) is 0 Å². The van der Waals surface area contributed by atoms with Gasteiger partial charge in [-0.3, -0.25) is 5.43 Å². The molecule has 0 bridgehead atoms. The van der Waals surface area contributed by atoms with Crippen LogP contribution in [-0.4, -0.2) is 5.71 Å². The van der Waals surface area contributed by atoms with Crippen LogP contribution in [0.4, 0.5) is 14.5 Å². The largest absolute Gasteiger partial charge is 0.276 e. The Kier molecular flexibility index (Phi) is 3.71. The summed E-state index contributed by atoms with van der Waals surface area (Å²) in [6.07, 6.45) is 4.45. The molecule has 1 N–H and O–H groups in total. The van der Waals surface area contributed by atoms with Crippen molar-refractivity contribution in [2.75, 3.05) is 5.43 Å². The number of hydrogen-bond donors (Lipinski definition) is 1. The number of anilines is 1. The Morgan fingerprint density at radius 1 is 1.29 bits per heavy atom. The van der Waals surface area contributed by atoms with Gasteiger partial charge in [-0.15, -0.1) is 0 Å². The van der Waals surface area contributed by atoms with Crippen molar-refractivity contribution in [1.82, 2.24) is 0 Å². The number of nitrogens with zero attached hydrogens (tertiary/aromatic N) is 1. The van der Waals surface area contributed by atoms with Gasteiger partial charge in [-0.2, -0.15) is 5.10 Å². The lowest BCUT2D eigenvalue weighted by Gasteiger charge is -2.20. The molecule has 0 spiro atoms. The first kappa shape index (κ1) is 12.0. The molecule has 1 fully saturated rings. The molecule has 17 heavy (non-hydrogen) atoms. The van der Waals surface area contributed by atoms with Gasteiger partial charge < -0.3 is 0 Å². The lowest BCUT2D eigenvalue weighted by Crippen LogP contribution is -2.17. The minimum absolute atomic E-state index is 0.219. The standard InChI is InChI=1S/C13H16F2N2/c1-9-4-2-3-5-12(9)16-17-13-7-6-10(14)8-11(13)15/h6-9,17H,2-5H2,1H3/b16-12-/t9-/m0/s1. The maximum absolute atomic E-state index is 13.3. The SMILES string of the molecule is C[C@H]1CCCC/C1=N/Nc1ccc(F)cc1F. The van der Waals surface area contributed by atoms with Crippen molar-refractivity contribution in [2.45, 2.75) is 32.6 Å². The van der Waals surface area contributed by atoms with E-state index in [1.165, 1.54) is 18.6 Å². The minimum Gasteiger partial charge on any atom is -0.276 e. The van der Waals surface area contributed by atoms with Crippen LogP contribution >= 0.6 is 0 Å². The van der Waals surface area contributed by atoms with Crippen LogP contribution in [0.5, 0.6) is 0 Å². The molecule has 1 aliphatic rings. The first-order valence-corrected chi connectivity index (χ1v) is 5.94. The third-order valence-electron chi connectivity index (χ3n) is 3.14. The number of rotatable bonds is 2. The number of halogens is 2. The van der Waals surface area contributed by atoms with E-state index in [1.54, 1.807) is 0 Å². The van der Waals surface area contributed by atoms with Gasteiger partial charge in [0.05, 0.1) is 5.69 Å².